The van der Waals surface area contributed by atoms with E-state index in [0.29, 0.717) is 18.8 Å². The highest BCUT2D eigenvalue weighted by molar-refractivity contribution is 7.86. The lowest BCUT2D eigenvalue weighted by Gasteiger charge is -2.33. The van der Waals surface area contributed by atoms with Crippen molar-refractivity contribution in [1.29, 1.82) is 0 Å². The zero-order valence-corrected chi connectivity index (χ0v) is 15.2. The largest absolute Gasteiger partial charge is 0.478 e. The van der Waals surface area contributed by atoms with Crippen molar-refractivity contribution in [2.75, 3.05) is 18.8 Å². The Bertz CT molecular complexity index is 834. The molecular formula is C10H16O11S3. The molecule has 24 heavy (non-hydrogen) atoms. The zero-order valence-electron chi connectivity index (χ0n) is 12.8. The second-order valence-electron chi connectivity index (χ2n) is 5.07. The summed E-state index contributed by atoms with van der Waals surface area (Å²) in [6, 6.07) is 0. The molecule has 0 amide bonds. The standard InChI is InChI=1S/C10H16O11S3/c1-22(13,14)19-7-4-6(10(11)12)5-8(20-23(2,15)16)9(7)21-24(3,17)18/h4,7-9H,5H2,1-3H3,(H,11,12)/t7-,8-,9-/m1/s1. The molecule has 0 aliphatic heterocycles. The van der Waals surface area contributed by atoms with Crippen molar-refractivity contribution in [3.63, 3.8) is 0 Å². The maximum atomic E-state index is 11.4. The Morgan fingerprint density at radius 3 is 1.79 bits per heavy atom. The maximum absolute atomic E-state index is 11.4. The quantitative estimate of drug-likeness (QED) is 0.483. The molecule has 1 rings (SSSR count). The molecule has 11 nitrogen and oxygen atoms in total. The van der Waals surface area contributed by atoms with Gasteiger partial charge in [0.25, 0.3) is 30.4 Å². The van der Waals surface area contributed by atoms with Crippen molar-refractivity contribution in [3.8, 4) is 0 Å². The SMILES string of the molecule is CS(=O)(=O)O[C@@H]1[C@H](OS(C)(=O)=O)C=C(C(=O)O)C[C@H]1OS(C)(=O)=O. The van der Waals surface area contributed by atoms with Gasteiger partial charge in [0.05, 0.1) is 18.8 Å². The molecule has 0 aromatic heterocycles. The molecule has 1 N–H and O–H groups in total. The van der Waals surface area contributed by atoms with Crippen LogP contribution in [0.3, 0.4) is 0 Å². The molecule has 0 saturated heterocycles. The molecule has 0 aromatic carbocycles. The van der Waals surface area contributed by atoms with Gasteiger partial charge in [0.1, 0.15) is 18.3 Å². The predicted molar refractivity (Wildman–Crippen MR) is 79.5 cm³/mol. The lowest BCUT2D eigenvalue weighted by molar-refractivity contribution is -0.133. The van der Waals surface area contributed by atoms with Crippen LogP contribution in [0.2, 0.25) is 0 Å². The fourth-order valence-electron chi connectivity index (χ4n) is 1.98. The highest BCUT2D eigenvalue weighted by Gasteiger charge is 2.42. The number of aliphatic carboxylic acids is 1. The van der Waals surface area contributed by atoms with Crippen LogP contribution in [0, 0.1) is 0 Å². The number of hydrogen-bond acceptors (Lipinski definition) is 10. The first-order valence-electron chi connectivity index (χ1n) is 6.16. The minimum absolute atomic E-state index is 0.411. The van der Waals surface area contributed by atoms with Gasteiger partial charge in [-0.3, -0.25) is 12.5 Å². The van der Waals surface area contributed by atoms with E-state index in [2.05, 4.69) is 12.5 Å². The second-order valence-corrected chi connectivity index (χ2v) is 9.87. The zero-order chi connectivity index (χ0) is 18.9. The summed E-state index contributed by atoms with van der Waals surface area (Å²) in [5.41, 5.74) is -0.411. The first-order chi connectivity index (χ1) is 10.6. The van der Waals surface area contributed by atoms with E-state index in [1.165, 1.54) is 0 Å². The molecule has 0 bridgehead atoms. The van der Waals surface area contributed by atoms with E-state index in [0.717, 1.165) is 6.08 Å². The maximum Gasteiger partial charge on any atom is 0.331 e. The molecule has 0 unspecified atom stereocenters. The first kappa shape index (κ1) is 21.0. The Labute approximate surface area is 139 Å². The Morgan fingerprint density at radius 2 is 1.42 bits per heavy atom. The average Bonchev–Trinajstić information content (AvgIpc) is 2.27. The van der Waals surface area contributed by atoms with Crippen molar-refractivity contribution < 1.29 is 47.7 Å². The van der Waals surface area contributed by atoms with Crippen molar-refractivity contribution in [2.45, 2.75) is 24.7 Å². The summed E-state index contributed by atoms with van der Waals surface area (Å²) in [6.45, 7) is 0. The predicted octanol–water partition coefficient (Wildman–Crippen LogP) is -1.56. The van der Waals surface area contributed by atoms with Crippen LogP contribution in [0.5, 0.6) is 0 Å². The van der Waals surface area contributed by atoms with Crippen LogP contribution in [0.15, 0.2) is 11.6 Å². The topological polar surface area (TPSA) is 167 Å². The number of carboxylic acid groups (broad SMARTS) is 1. The molecule has 0 heterocycles. The minimum Gasteiger partial charge on any atom is -0.478 e. The van der Waals surface area contributed by atoms with E-state index < -0.39 is 66.6 Å². The van der Waals surface area contributed by atoms with Crippen LogP contribution in [-0.2, 0) is 47.7 Å². The van der Waals surface area contributed by atoms with Crippen LogP contribution in [0.1, 0.15) is 6.42 Å². The molecule has 140 valence electrons. The third-order valence-corrected chi connectivity index (χ3v) is 4.36. The molecule has 0 radical (unpaired) electrons. The molecule has 0 spiro atoms. The van der Waals surface area contributed by atoms with Crippen molar-refractivity contribution in [3.05, 3.63) is 11.6 Å². The molecular weight excluding hydrogens is 392 g/mol. The highest BCUT2D eigenvalue weighted by atomic mass is 32.2. The summed E-state index contributed by atoms with van der Waals surface area (Å²) in [4.78, 5) is 11.1. The van der Waals surface area contributed by atoms with Crippen LogP contribution in [0.25, 0.3) is 0 Å². The van der Waals surface area contributed by atoms with Gasteiger partial charge in [0, 0.05) is 12.0 Å². The molecule has 1 aliphatic carbocycles. The van der Waals surface area contributed by atoms with Crippen molar-refractivity contribution in [1.82, 2.24) is 0 Å². The molecule has 14 heteroatoms. The van der Waals surface area contributed by atoms with Gasteiger partial charge in [0.15, 0.2) is 0 Å². The summed E-state index contributed by atoms with van der Waals surface area (Å²) in [6.07, 6.45) is -2.77. The summed E-state index contributed by atoms with van der Waals surface area (Å²) in [7, 11) is -12.4. The van der Waals surface area contributed by atoms with Crippen LogP contribution in [0.4, 0.5) is 0 Å². The van der Waals surface area contributed by atoms with Gasteiger partial charge in [-0.25, -0.2) is 4.79 Å². The molecule has 0 aromatic rings. The number of carbonyl (C=O) groups is 1. The summed E-state index contributed by atoms with van der Waals surface area (Å²) in [5.74, 6) is -1.47. The fraction of sp³-hybridized carbons (Fsp3) is 0.700. The van der Waals surface area contributed by atoms with Gasteiger partial charge < -0.3 is 5.11 Å². The normalized spacial score (nSPS) is 26.0. The van der Waals surface area contributed by atoms with Gasteiger partial charge in [-0.05, 0) is 6.08 Å². The third-order valence-electron chi connectivity index (χ3n) is 2.62. The Balaban J connectivity index is 3.39. The molecule has 0 fully saturated rings. The lowest BCUT2D eigenvalue weighted by atomic mass is 9.92. The van der Waals surface area contributed by atoms with Gasteiger partial charge in [-0.1, -0.05) is 0 Å². The summed E-state index contributed by atoms with van der Waals surface area (Å²) in [5, 5.41) is 9.05. The Morgan fingerprint density at radius 1 is 0.958 bits per heavy atom. The van der Waals surface area contributed by atoms with Crippen LogP contribution >= 0.6 is 0 Å². The smallest absolute Gasteiger partial charge is 0.331 e. The fourth-order valence-corrected chi connectivity index (χ4v) is 3.81. The van der Waals surface area contributed by atoms with E-state index in [-0.39, 0.29) is 0 Å². The van der Waals surface area contributed by atoms with Gasteiger partial charge in [-0.15, -0.1) is 0 Å². The highest BCUT2D eigenvalue weighted by Crippen LogP contribution is 2.29. The van der Waals surface area contributed by atoms with E-state index >= 15 is 0 Å². The van der Waals surface area contributed by atoms with Gasteiger partial charge in [-0.2, -0.15) is 25.3 Å². The first-order valence-corrected chi connectivity index (χ1v) is 11.6. The monoisotopic (exact) mass is 408 g/mol. The molecule has 0 saturated carbocycles. The number of carboxylic acids is 1. The van der Waals surface area contributed by atoms with Crippen molar-refractivity contribution >= 4 is 36.3 Å². The lowest BCUT2D eigenvalue weighted by Crippen LogP contribution is -2.47. The summed E-state index contributed by atoms with van der Waals surface area (Å²) >= 11 is 0. The van der Waals surface area contributed by atoms with E-state index in [1.807, 2.05) is 0 Å². The van der Waals surface area contributed by atoms with E-state index in [4.69, 9.17) is 5.11 Å². The van der Waals surface area contributed by atoms with Gasteiger partial charge in [0.2, 0.25) is 0 Å². The van der Waals surface area contributed by atoms with E-state index in [9.17, 15) is 30.0 Å². The summed E-state index contributed by atoms with van der Waals surface area (Å²) < 4.78 is 82.0. The van der Waals surface area contributed by atoms with E-state index in [1.54, 1.807) is 0 Å². The molecule has 3 atom stereocenters. The van der Waals surface area contributed by atoms with Gasteiger partial charge >= 0.3 is 5.97 Å². The second kappa shape index (κ2) is 7.05. The number of rotatable bonds is 7. The van der Waals surface area contributed by atoms with Crippen LogP contribution < -0.4 is 0 Å². The average molecular weight is 408 g/mol. The van der Waals surface area contributed by atoms with Crippen LogP contribution in [-0.4, -0.2) is 73.4 Å². The van der Waals surface area contributed by atoms with Crippen molar-refractivity contribution in [2.24, 2.45) is 0 Å². The Kier molecular flexibility index (Phi) is 6.16. The third kappa shape index (κ3) is 7.23. The number of hydrogen-bond donors (Lipinski definition) is 1. The minimum atomic E-state index is -4.16. The molecule has 1 aliphatic rings. The Hall–Kier alpha value is -1.06.